The van der Waals surface area contributed by atoms with Crippen molar-refractivity contribution in [1.29, 1.82) is 0 Å². The molecule has 110 valence electrons. The van der Waals surface area contributed by atoms with Gasteiger partial charge in [-0.2, -0.15) is 0 Å². The first kappa shape index (κ1) is 15.4. The van der Waals surface area contributed by atoms with E-state index >= 15 is 0 Å². The highest BCUT2D eigenvalue weighted by Gasteiger charge is 2.30. The van der Waals surface area contributed by atoms with Crippen LogP contribution in [0.15, 0.2) is 11.6 Å². The highest BCUT2D eigenvalue weighted by molar-refractivity contribution is 6.25. The lowest BCUT2D eigenvalue weighted by molar-refractivity contribution is 0.0727. The zero-order valence-electron chi connectivity index (χ0n) is 12.3. The van der Waals surface area contributed by atoms with Crippen LogP contribution in [0, 0.1) is 23.7 Å². The van der Waals surface area contributed by atoms with E-state index in [1.807, 2.05) is 0 Å². The molecule has 2 aliphatic rings. The molecule has 0 amide bonds. The second-order valence-electron chi connectivity index (χ2n) is 6.43. The Balaban J connectivity index is 1.68. The van der Waals surface area contributed by atoms with Gasteiger partial charge in [0.05, 0.1) is 0 Å². The monoisotopic (exact) mass is 284 g/mol. The van der Waals surface area contributed by atoms with Gasteiger partial charge >= 0.3 is 0 Å². The number of halogens is 1. The standard InChI is InChI=1S/C17H29ClO/c1-2-19-13-15-5-9-17(10-6-15)16-7-3-14(4-8-16)11-12-18/h11-12,14-17H,2-10,13H2,1H3. The molecule has 2 fully saturated rings. The molecule has 0 saturated heterocycles. The van der Waals surface area contributed by atoms with E-state index in [4.69, 9.17) is 16.3 Å². The molecule has 2 heteroatoms. The minimum absolute atomic E-state index is 0.753. The summed E-state index contributed by atoms with van der Waals surface area (Å²) in [6.07, 6.45) is 13.4. The molecule has 2 saturated carbocycles. The Morgan fingerprint density at radius 2 is 1.53 bits per heavy atom. The third-order valence-electron chi connectivity index (χ3n) is 5.28. The van der Waals surface area contributed by atoms with Crippen LogP contribution in [-0.4, -0.2) is 13.2 Å². The lowest BCUT2D eigenvalue weighted by Gasteiger charge is -2.37. The van der Waals surface area contributed by atoms with E-state index in [-0.39, 0.29) is 0 Å². The molecule has 2 aliphatic carbocycles. The van der Waals surface area contributed by atoms with Crippen LogP contribution in [0.25, 0.3) is 0 Å². The van der Waals surface area contributed by atoms with Crippen molar-refractivity contribution in [3.63, 3.8) is 0 Å². The van der Waals surface area contributed by atoms with Crippen LogP contribution < -0.4 is 0 Å². The molecule has 0 bridgehead atoms. The summed E-state index contributed by atoms with van der Waals surface area (Å²) >= 11 is 5.69. The molecule has 0 aromatic heterocycles. The Labute approximate surface area is 123 Å². The van der Waals surface area contributed by atoms with Gasteiger partial charge in [0.15, 0.2) is 0 Å². The Hall–Kier alpha value is -0.0100. The summed E-state index contributed by atoms with van der Waals surface area (Å²) in [6.45, 7) is 3.97. The predicted octanol–water partition coefficient (Wildman–Crippen LogP) is 5.39. The zero-order chi connectivity index (χ0) is 13.5. The third-order valence-corrected chi connectivity index (χ3v) is 5.42. The van der Waals surface area contributed by atoms with Crippen molar-refractivity contribution in [2.45, 2.75) is 58.3 Å². The molecule has 0 unspecified atom stereocenters. The quantitative estimate of drug-likeness (QED) is 0.658. The van der Waals surface area contributed by atoms with Crippen molar-refractivity contribution < 1.29 is 4.74 Å². The van der Waals surface area contributed by atoms with E-state index < -0.39 is 0 Å². The Kier molecular flexibility index (Phi) is 6.73. The molecular formula is C17H29ClO. The predicted molar refractivity (Wildman–Crippen MR) is 82.4 cm³/mol. The van der Waals surface area contributed by atoms with Gasteiger partial charge in [0, 0.05) is 18.7 Å². The topological polar surface area (TPSA) is 9.23 Å². The van der Waals surface area contributed by atoms with Gasteiger partial charge in [0.25, 0.3) is 0 Å². The Bertz CT molecular complexity index is 260. The molecule has 2 rings (SSSR count). The molecule has 0 heterocycles. The smallest absolute Gasteiger partial charge is 0.0494 e. The molecular weight excluding hydrogens is 256 g/mol. The van der Waals surface area contributed by atoms with Gasteiger partial charge < -0.3 is 4.74 Å². The van der Waals surface area contributed by atoms with Gasteiger partial charge in [-0.25, -0.2) is 0 Å². The van der Waals surface area contributed by atoms with Crippen molar-refractivity contribution in [3.05, 3.63) is 11.6 Å². The van der Waals surface area contributed by atoms with Crippen LogP contribution in [0.1, 0.15) is 58.3 Å². The fraction of sp³-hybridized carbons (Fsp3) is 0.882. The van der Waals surface area contributed by atoms with Crippen LogP contribution in [0.2, 0.25) is 0 Å². The van der Waals surface area contributed by atoms with Crippen molar-refractivity contribution >= 4 is 11.6 Å². The molecule has 0 N–H and O–H groups in total. The van der Waals surface area contributed by atoms with E-state index in [1.165, 1.54) is 51.4 Å². The van der Waals surface area contributed by atoms with Gasteiger partial charge in [-0.3, -0.25) is 0 Å². The number of hydrogen-bond acceptors (Lipinski definition) is 1. The zero-order valence-corrected chi connectivity index (χ0v) is 13.1. The minimum Gasteiger partial charge on any atom is -0.381 e. The lowest BCUT2D eigenvalue weighted by atomic mass is 9.69. The maximum absolute atomic E-state index is 5.69. The van der Waals surface area contributed by atoms with E-state index in [0.29, 0.717) is 0 Å². The van der Waals surface area contributed by atoms with Crippen molar-refractivity contribution in [3.8, 4) is 0 Å². The van der Waals surface area contributed by atoms with Gasteiger partial charge in [-0.15, -0.1) is 0 Å². The van der Waals surface area contributed by atoms with Gasteiger partial charge in [0.2, 0.25) is 0 Å². The summed E-state index contributed by atoms with van der Waals surface area (Å²) in [4.78, 5) is 0. The van der Waals surface area contributed by atoms with Crippen molar-refractivity contribution in [2.75, 3.05) is 13.2 Å². The van der Waals surface area contributed by atoms with Crippen LogP contribution in [0.5, 0.6) is 0 Å². The summed E-state index contributed by atoms with van der Waals surface area (Å²) in [5.74, 6) is 3.58. The first-order valence-electron chi connectivity index (χ1n) is 8.18. The van der Waals surface area contributed by atoms with Crippen molar-refractivity contribution in [2.24, 2.45) is 23.7 Å². The first-order chi connectivity index (χ1) is 9.33. The molecule has 0 aromatic rings. The van der Waals surface area contributed by atoms with Gasteiger partial charge in [0.1, 0.15) is 0 Å². The number of allylic oxidation sites excluding steroid dienone is 1. The summed E-state index contributed by atoms with van der Waals surface area (Å²) in [7, 11) is 0. The normalized spacial score (nSPS) is 36.7. The van der Waals surface area contributed by atoms with Crippen LogP contribution >= 0.6 is 11.6 Å². The maximum Gasteiger partial charge on any atom is 0.0494 e. The minimum atomic E-state index is 0.753. The van der Waals surface area contributed by atoms with E-state index in [2.05, 4.69) is 13.0 Å². The van der Waals surface area contributed by atoms with Crippen LogP contribution in [0.4, 0.5) is 0 Å². The molecule has 0 aliphatic heterocycles. The van der Waals surface area contributed by atoms with Gasteiger partial charge in [-0.1, -0.05) is 17.7 Å². The molecule has 0 atom stereocenters. The average Bonchev–Trinajstić information content (AvgIpc) is 2.47. The number of hydrogen-bond donors (Lipinski definition) is 0. The fourth-order valence-corrected chi connectivity index (χ4v) is 4.23. The van der Waals surface area contributed by atoms with Crippen molar-refractivity contribution in [1.82, 2.24) is 0 Å². The van der Waals surface area contributed by atoms with E-state index in [9.17, 15) is 0 Å². The molecule has 1 nitrogen and oxygen atoms in total. The summed E-state index contributed by atoms with van der Waals surface area (Å²) in [5, 5.41) is 0. The highest BCUT2D eigenvalue weighted by atomic mass is 35.5. The van der Waals surface area contributed by atoms with Crippen LogP contribution in [-0.2, 0) is 4.74 Å². The average molecular weight is 285 g/mol. The second-order valence-corrected chi connectivity index (χ2v) is 6.69. The Morgan fingerprint density at radius 3 is 2.05 bits per heavy atom. The first-order valence-corrected chi connectivity index (χ1v) is 8.61. The van der Waals surface area contributed by atoms with E-state index in [1.54, 1.807) is 5.54 Å². The highest BCUT2D eigenvalue weighted by Crippen LogP contribution is 2.41. The summed E-state index contributed by atoms with van der Waals surface area (Å²) in [5.41, 5.74) is 1.71. The number of rotatable bonds is 5. The molecule has 19 heavy (non-hydrogen) atoms. The molecule has 0 aromatic carbocycles. The maximum atomic E-state index is 5.69. The summed E-state index contributed by atoms with van der Waals surface area (Å²) in [6, 6.07) is 0. The third kappa shape index (κ3) is 4.79. The Morgan fingerprint density at radius 1 is 0.947 bits per heavy atom. The number of ether oxygens (including phenoxy) is 1. The van der Waals surface area contributed by atoms with Crippen LogP contribution in [0.3, 0.4) is 0 Å². The van der Waals surface area contributed by atoms with E-state index in [0.717, 1.165) is 36.9 Å². The lowest BCUT2D eigenvalue weighted by Crippen LogP contribution is -2.26. The molecule has 0 spiro atoms. The second kappa shape index (κ2) is 8.32. The summed E-state index contributed by atoms with van der Waals surface area (Å²) < 4.78 is 5.57. The van der Waals surface area contributed by atoms with Gasteiger partial charge in [-0.05, 0) is 82.0 Å². The SMILES string of the molecule is CCOCC1CCC(C2CCC(C=CCl)CC2)CC1. The molecule has 0 radical (unpaired) electrons. The fourth-order valence-electron chi connectivity index (χ4n) is 4.02. The largest absolute Gasteiger partial charge is 0.381 e.